The van der Waals surface area contributed by atoms with Gasteiger partial charge in [0.1, 0.15) is 5.78 Å². The minimum Gasteiger partial charge on any atom is -0.368 e. The number of fused-ring (bicyclic) bond motifs is 1. The van der Waals surface area contributed by atoms with Crippen molar-refractivity contribution in [3.63, 3.8) is 0 Å². The molecule has 1 heterocycles. The first-order valence-electron chi connectivity index (χ1n) is 10.1. The molecule has 0 bridgehead atoms. The molecule has 1 fully saturated rings. The van der Waals surface area contributed by atoms with E-state index in [1.807, 2.05) is 38.1 Å². The third-order valence-electron chi connectivity index (χ3n) is 5.83. The highest BCUT2D eigenvalue weighted by Crippen LogP contribution is 2.26. The van der Waals surface area contributed by atoms with Crippen molar-refractivity contribution in [2.75, 3.05) is 29.9 Å². The molecule has 6 nitrogen and oxygen atoms in total. The van der Waals surface area contributed by atoms with Gasteiger partial charge in [0.2, 0.25) is 0 Å². The van der Waals surface area contributed by atoms with Gasteiger partial charge in [-0.3, -0.25) is 14.4 Å². The Bertz CT molecular complexity index is 1040. The van der Waals surface area contributed by atoms with Crippen LogP contribution in [-0.4, -0.2) is 48.2 Å². The summed E-state index contributed by atoms with van der Waals surface area (Å²) in [6.07, 6.45) is 0.827. The van der Waals surface area contributed by atoms with Crippen LogP contribution in [0, 0.1) is 6.92 Å². The predicted molar refractivity (Wildman–Crippen MR) is 117 cm³/mol. The van der Waals surface area contributed by atoms with Crippen LogP contribution in [0.1, 0.15) is 23.6 Å². The first-order chi connectivity index (χ1) is 14.3. The van der Waals surface area contributed by atoms with Crippen LogP contribution < -0.4 is 10.2 Å². The molecule has 1 aliphatic carbocycles. The predicted octanol–water partition coefficient (Wildman–Crippen LogP) is 2.99. The number of benzene rings is 2. The van der Waals surface area contributed by atoms with E-state index in [1.54, 1.807) is 17.0 Å². The Balaban J connectivity index is 1.39. The Kier molecular flexibility index (Phi) is 5.52. The molecule has 2 aliphatic rings. The standard InChI is InChI=1S/C23H24ClN3O3/c1-14-9-19(5-6-21(14)24)26-7-8-27(15(2)13-26)23(30)22(29)25-18-4-3-16-11-20(28)12-17(16)10-18/h3-6,9-10,15H,7-8,11-13H2,1-2H3,(H,25,29)/t15-/m1/s1. The van der Waals surface area contributed by atoms with Gasteiger partial charge in [0, 0.05) is 54.9 Å². The van der Waals surface area contributed by atoms with Crippen LogP contribution in [0.25, 0.3) is 0 Å². The number of ketones is 1. The number of nitrogens with one attached hydrogen (secondary N) is 1. The Morgan fingerprint density at radius 1 is 1.07 bits per heavy atom. The Morgan fingerprint density at radius 3 is 2.57 bits per heavy atom. The lowest BCUT2D eigenvalue weighted by Gasteiger charge is -2.40. The summed E-state index contributed by atoms with van der Waals surface area (Å²) in [5.74, 6) is -1.01. The molecule has 1 aliphatic heterocycles. The molecular formula is C23H24ClN3O3. The van der Waals surface area contributed by atoms with Crippen LogP contribution in [0.2, 0.25) is 5.02 Å². The molecule has 1 atom stereocenters. The van der Waals surface area contributed by atoms with Crippen LogP contribution in [0.15, 0.2) is 36.4 Å². The number of piperazine rings is 1. The third-order valence-corrected chi connectivity index (χ3v) is 6.25. The van der Waals surface area contributed by atoms with Crippen LogP contribution in [-0.2, 0) is 27.2 Å². The Morgan fingerprint density at radius 2 is 1.83 bits per heavy atom. The molecule has 0 unspecified atom stereocenters. The van der Waals surface area contributed by atoms with Crippen LogP contribution in [0.4, 0.5) is 11.4 Å². The molecular weight excluding hydrogens is 402 g/mol. The van der Waals surface area contributed by atoms with E-state index < -0.39 is 11.8 Å². The lowest BCUT2D eigenvalue weighted by Crippen LogP contribution is -2.56. The third kappa shape index (κ3) is 4.05. The van der Waals surface area contributed by atoms with Gasteiger partial charge < -0.3 is 15.1 Å². The maximum atomic E-state index is 12.8. The second-order valence-electron chi connectivity index (χ2n) is 8.06. The first-order valence-corrected chi connectivity index (χ1v) is 10.5. The normalized spacial score (nSPS) is 18.4. The van der Waals surface area contributed by atoms with E-state index in [2.05, 4.69) is 10.2 Å². The summed E-state index contributed by atoms with van der Waals surface area (Å²) in [5, 5.41) is 3.42. The monoisotopic (exact) mass is 425 g/mol. The fourth-order valence-electron chi connectivity index (χ4n) is 4.16. The average Bonchev–Trinajstić information content (AvgIpc) is 3.08. The number of carbonyl (C=O) groups is 3. The summed E-state index contributed by atoms with van der Waals surface area (Å²) in [5.41, 5.74) is 4.53. The maximum absolute atomic E-state index is 12.8. The number of carbonyl (C=O) groups excluding carboxylic acids is 3. The lowest BCUT2D eigenvalue weighted by atomic mass is 10.1. The van der Waals surface area contributed by atoms with E-state index in [9.17, 15) is 14.4 Å². The zero-order valence-electron chi connectivity index (χ0n) is 17.1. The van der Waals surface area contributed by atoms with Gasteiger partial charge in [0.05, 0.1) is 0 Å². The van der Waals surface area contributed by atoms with Gasteiger partial charge in [-0.05, 0) is 60.9 Å². The van der Waals surface area contributed by atoms with Crippen molar-refractivity contribution in [3.8, 4) is 0 Å². The maximum Gasteiger partial charge on any atom is 0.313 e. The molecule has 0 radical (unpaired) electrons. The molecule has 2 aromatic rings. The summed E-state index contributed by atoms with van der Waals surface area (Å²) < 4.78 is 0. The average molecular weight is 426 g/mol. The summed E-state index contributed by atoms with van der Waals surface area (Å²) in [6.45, 7) is 5.66. The minimum atomic E-state index is -0.651. The highest BCUT2D eigenvalue weighted by Gasteiger charge is 2.31. The zero-order chi connectivity index (χ0) is 21.4. The minimum absolute atomic E-state index is 0.106. The van der Waals surface area contributed by atoms with Crippen molar-refractivity contribution in [1.29, 1.82) is 0 Å². The smallest absolute Gasteiger partial charge is 0.313 e. The van der Waals surface area contributed by atoms with Crippen molar-refractivity contribution < 1.29 is 14.4 Å². The molecule has 4 rings (SSSR count). The van der Waals surface area contributed by atoms with Gasteiger partial charge in [0.15, 0.2) is 0 Å². The van der Waals surface area contributed by atoms with Crippen LogP contribution in [0.5, 0.6) is 0 Å². The number of nitrogens with zero attached hydrogens (tertiary/aromatic N) is 2. The number of amides is 2. The zero-order valence-corrected chi connectivity index (χ0v) is 17.8. The number of rotatable bonds is 2. The molecule has 1 N–H and O–H groups in total. The highest BCUT2D eigenvalue weighted by molar-refractivity contribution is 6.39. The summed E-state index contributed by atoms with van der Waals surface area (Å²) >= 11 is 6.12. The number of hydrogen-bond acceptors (Lipinski definition) is 4. The Labute approximate surface area is 180 Å². The van der Waals surface area contributed by atoms with Crippen molar-refractivity contribution in [2.24, 2.45) is 0 Å². The first kappa shape index (κ1) is 20.4. The summed E-state index contributed by atoms with van der Waals surface area (Å²) in [6, 6.07) is 11.2. The second kappa shape index (κ2) is 8.11. The van der Waals surface area contributed by atoms with E-state index in [0.717, 1.165) is 27.4 Å². The van der Waals surface area contributed by atoms with E-state index in [4.69, 9.17) is 11.6 Å². The highest BCUT2D eigenvalue weighted by atomic mass is 35.5. The van der Waals surface area contributed by atoms with E-state index >= 15 is 0 Å². The van der Waals surface area contributed by atoms with Crippen molar-refractivity contribution in [1.82, 2.24) is 4.90 Å². The van der Waals surface area contributed by atoms with E-state index in [1.165, 1.54) is 0 Å². The van der Waals surface area contributed by atoms with Crippen LogP contribution >= 0.6 is 11.6 Å². The number of aryl methyl sites for hydroxylation is 1. The van der Waals surface area contributed by atoms with Gasteiger partial charge in [0.25, 0.3) is 0 Å². The largest absolute Gasteiger partial charge is 0.368 e. The van der Waals surface area contributed by atoms with Gasteiger partial charge in [-0.25, -0.2) is 0 Å². The molecule has 30 heavy (non-hydrogen) atoms. The molecule has 7 heteroatoms. The quantitative estimate of drug-likeness (QED) is 0.751. The SMILES string of the molecule is Cc1cc(N2CCN(C(=O)C(=O)Nc3ccc4c(c3)CC(=O)C4)[C@H](C)C2)ccc1Cl. The summed E-state index contributed by atoms with van der Waals surface area (Å²) in [7, 11) is 0. The van der Waals surface area contributed by atoms with Crippen LogP contribution in [0.3, 0.4) is 0 Å². The number of hydrogen-bond donors (Lipinski definition) is 1. The molecule has 2 amide bonds. The molecule has 2 aromatic carbocycles. The Hall–Kier alpha value is -2.86. The topological polar surface area (TPSA) is 69.7 Å². The van der Waals surface area contributed by atoms with Gasteiger partial charge in [-0.15, -0.1) is 0 Å². The van der Waals surface area contributed by atoms with E-state index in [0.29, 0.717) is 38.2 Å². The van der Waals surface area contributed by atoms with Crippen molar-refractivity contribution >= 4 is 40.6 Å². The fraction of sp³-hybridized carbons (Fsp3) is 0.348. The molecule has 0 aromatic heterocycles. The number of halogens is 1. The summed E-state index contributed by atoms with van der Waals surface area (Å²) in [4.78, 5) is 40.7. The van der Waals surface area contributed by atoms with Crippen molar-refractivity contribution in [3.05, 3.63) is 58.1 Å². The molecule has 156 valence electrons. The van der Waals surface area contributed by atoms with Gasteiger partial charge in [-0.2, -0.15) is 0 Å². The fourth-order valence-corrected chi connectivity index (χ4v) is 4.28. The molecule has 1 saturated heterocycles. The molecule has 0 spiro atoms. The van der Waals surface area contributed by atoms with Gasteiger partial charge >= 0.3 is 11.8 Å². The van der Waals surface area contributed by atoms with E-state index in [-0.39, 0.29) is 11.8 Å². The second-order valence-corrected chi connectivity index (χ2v) is 8.46. The number of anilines is 2. The van der Waals surface area contributed by atoms with Crippen molar-refractivity contribution in [2.45, 2.75) is 32.7 Å². The lowest BCUT2D eigenvalue weighted by molar-refractivity contribution is -0.144. The number of Topliss-reactive ketones (excluding diaryl/α,β-unsaturated/α-hetero) is 1. The van der Waals surface area contributed by atoms with Gasteiger partial charge in [-0.1, -0.05) is 17.7 Å². The molecule has 0 saturated carbocycles.